The third kappa shape index (κ3) is 6.15. The van der Waals surface area contributed by atoms with Crippen LogP contribution in [-0.4, -0.2) is 77.3 Å². The number of hydrogen-bond acceptors (Lipinski definition) is 7. The average Bonchev–Trinajstić information content (AvgIpc) is 3.66. The summed E-state index contributed by atoms with van der Waals surface area (Å²) >= 11 is 0. The van der Waals surface area contributed by atoms with Crippen LogP contribution in [0.25, 0.3) is 11.5 Å². The Kier molecular flexibility index (Phi) is 8.05. The summed E-state index contributed by atoms with van der Waals surface area (Å²) in [5, 5.41) is 7.93. The molecule has 9 heteroatoms. The van der Waals surface area contributed by atoms with Crippen LogP contribution in [0.2, 0.25) is 0 Å². The van der Waals surface area contributed by atoms with Gasteiger partial charge in [0.1, 0.15) is 5.75 Å². The van der Waals surface area contributed by atoms with Crippen molar-refractivity contribution in [2.45, 2.75) is 57.9 Å². The van der Waals surface area contributed by atoms with Crippen LogP contribution >= 0.6 is 0 Å². The van der Waals surface area contributed by atoms with Gasteiger partial charge in [0.25, 0.3) is 11.8 Å². The smallest absolute Gasteiger partial charge is 0.254 e. The molecular formula is C32H38N4O5. The normalized spacial score (nSPS) is 21.6. The Balaban J connectivity index is 1.12. The van der Waals surface area contributed by atoms with Gasteiger partial charge in [0.15, 0.2) is 0 Å². The second kappa shape index (κ2) is 12.0. The minimum atomic E-state index is -0.0311. The molecule has 41 heavy (non-hydrogen) atoms. The summed E-state index contributed by atoms with van der Waals surface area (Å²) < 4.78 is 17.9. The molecule has 2 bridgehead atoms. The SMILES string of the molecule is Cc1nnc(-c2ccc(C(=O)N3CCC4(CCCCOC[C@@H]5CCCN5C(=O)c5cccc(c5)OC4)CC3)cc2)o1. The molecular weight excluding hydrogens is 520 g/mol. The van der Waals surface area contributed by atoms with Gasteiger partial charge in [-0.15, -0.1) is 10.2 Å². The fourth-order valence-electron chi connectivity index (χ4n) is 6.32. The zero-order valence-electron chi connectivity index (χ0n) is 23.7. The lowest BCUT2D eigenvalue weighted by Gasteiger charge is -2.42. The highest BCUT2D eigenvalue weighted by Gasteiger charge is 2.37. The maximum absolute atomic E-state index is 13.4. The number of hydrogen-bond donors (Lipinski definition) is 0. The second-order valence-corrected chi connectivity index (χ2v) is 11.6. The number of carbonyl (C=O) groups excluding carboxylic acids is 2. The number of rotatable bonds is 2. The molecule has 2 amide bonds. The maximum Gasteiger partial charge on any atom is 0.254 e. The molecule has 4 heterocycles. The van der Waals surface area contributed by atoms with Crippen LogP contribution in [0.1, 0.15) is 71.6 Å². The maximum atomic E-state index is 13.4. The van der Waals surface area contributed by atoms with E-state index < -0.39 is 0 Å². The van der Waals surface area contributed by atoms with Crippen LogP contribution in [0.4, 0.5) is 0 Å². The zero-order valence-corrected chi connectivity index (χ0v) is 23.7. The van der Waals surface area contributed by atoms with E-state index in [1.807, 2.05) is 58.3 Å². The van der Waals surface area contributed by atoms with E-state index in [1.54, 1.807) is 6.92 Å². The van der Waals surface area contributed by atoms with Gasteiger partial charge in [0.2, 0.25) is 11.8 Å². The van der Waals surface area contributed by atoms with Gasteiger partial charge in [-0.3, -0.25) is 9.59 Å². The lowest BCUT2D eigenvalue weighted by Crippen LogP contribution is -2.45. The number of aryl methyl sites for hydroxylation is 1. The van der Waals surface area contributed by atoms with Crippen molar-refractivity contribution in [3.63, 3.8) is 0 Å². The highest BCUT2D eigenvalue weighted by Crippen LogP contribution is 2.38. The Morgan fingerprint density at radius 2 is 1.78 bits per heavy atom. The molecule has 216 valence electrons. The molecule has 3 aromatic rings. The average molecular weight is 559 g/mol. The molecule has 1 aromatic heterocycles. The molecule has 6 rings (SSSR count). The van der Waals surface area contributed by atoms with E-state index in [1.165, 1.54) is 0 Å². The van der Waals surface area contributed by atoms with E-state index in [0.717, 1.165) is 62.8 Å². The molecule has 0 unspecified atom stereocenters. The molecule has 1 spiro atoms. The Hall–Kier alpha value is -3.72. The molecule has 9 nitrogen and oxygen atoms in total. The summed E-state index contributed by atoms with van der Waals surface area (Å²) in [5.41, 5.74) is 2.08. The monoisotopic (exact) mass is 558 g/mol. The molecule has 0 saturated carbocycles. The zero-order chi connectivity index (χ0) is 28.2. The van der Waals surface area contributed by atoms with E-state index in [-0.39, 0.29) is 23.3 Å². The van der Waals surface area contributed by atoms with Crippen LogP contribution in [0, 0.1) is 12.3 Å². The van der Waals surface area contributed by atoms with Gasteiger partial charge < -0.3 is 23.7 Å². The first-order valence-electron chi connectivity index (χ1n) is 14.8. The van der Waals surface area contributed by atoms with Crippen LogP contribution in [-0.2, 0) is 4.74 Å². The van der Waals surface area contributed by atoms with E-state index in [4.69, 9.17) is 13.9 Å². The molecule has 0 radical (unpaired) electrons. The second-order valence-electron chi connectivity index (χ2n) is 11.6. The number of amides is 2. The van der Waals surface area contributed by atoms with Crippen molar-refractivity contribution in [2.24, 2.45) is 5.41 Å². The Morgan fingerprint density at radius 3 is 2.56 bits per heavy atom. The van der Waals surface area contributed by atoms with Crippen molar-refractivity contribution >= 4 is 11.8 Å². The van der Waals surface area contributed by atoms with Gasteiger partial charge in [-0.05, 0) is 81.0 Å². The minimum absolute atomic E-state index is 0.0311. The number of ether oxygens (including phenoxy) is 2. The van der Waals surface area contributed by atoms with Crippen LogP contribution in [0.3, 0.4) is 0 Å². The predicted molar refractivity (Wildman–Crippen MR) is 153 cm³/mol. The summed E-state index contributed by atoms with van der Waals surface area (Å²) in [6, 6.07) is 15.1. The van der Waals surface area contributed by atoms with Crippen molar-refractivity contribution in [1.82, 2.24) is 20.0 Å². The number of carbonyl (C=O) groups is 2. The number of likely N-dealkylation sites (tertiary alicyclic amines) is 1. The standard InChI is InChI=1S/C32H38N4O5/c1-23-33-34-29(41-23)24-9-11-25(12-10-24)30(37)35-17-14-32(15-18-35)13-2-3-19-39-21-27-7-5-16-36(27)31(38)26-6-4-8-28(20-26)40-22-32/h4,6,8-12,20,27H,2-3,5,7,13-19,21-22H2,1H3/t27-/m0/s1. The first kappa shape index (κ1) is 27.4. The number of piperidine rings is 1. The quantitative estimate of drug-likeness (QED) is 0.429. The largest absolute Gasteiger partial charge is 0.493 e. The van der Waals surface area contributed by atoms with Crippen LogP contribution < -0.4 is 4.74 Å². The number of fused-ring (bicyclic) bond motifs is 3. The summed E-state index contributed by atoms with van der Waals surface area (Å²) in [6.07, 6.45) is 6.78. The van der Waals surface area contributed by atoms with Gasteiger partial charge in [0, 0.05) is 55.3 Å². The topological polar surface area (TPSA) is 98.0 Å². The Bertz CT molecular complexity index is 1360. The van der Waals surface area contributed by atoms with Gasteiger partial charge in [-0.2, -0.15) is 0 Å². The first-order chi connectivity index (χ1) is 20.0. The van der Waals surface area contributed by atoms with Gasteiger partial charge in [-0.25, -0.2) is 0 Å². The van der Waals surface area contributed by atoms with E-state index in [0.29, 0.717) is 55.8 Å². The lowest BCUT2D eigenvalue weighted by molar-refractivity contribution is 0.0332. The van der Waals surface area contributed by atoms with Crippen molar-refractivity contribution in [3.8, 4) is 17.2 Å². The Labute approximate surface area is 240 Å². The van der Waals surface area contributed by atoms with E-state index >= 15 is 0 Å². The van der Waals surface area contributed by atoms with Crippen molar-refractivity contribution < 1.29 is 23.5 Å². The van der Waals surface area contributed by atoms with E-state index in [9.17, 15) is 9.59 Å². The lowest BCUT2D eigenvalue weighted by atomic mass is 9.75. The molecule has 0 N–H and O–H groups in total. The minimum Gasteiger partial charge on any atom is -0.493 e. The Morgan fingerprint density at radius 1 is 0.951 bits per heavy atom. The number of benzene rings is 2. The van der Waals surface area contributed by atoms with Crippen molar-refractivity contribution in [2.75, 3.05) is 39.5 Å². The molecule has 3 aliphatic heterocycles. The number of nitrogens with zero attached hydrogens (tertiary/aromatic N) is 4. The highest BCUT2D eigenvalue weighted by atomic mass is 16.5. The molecule has 2 aromatic carbocycles. The van der Waals surface area contributed by atoms with E-state index in [2.05, 4.69) is 10.2 Å². The molecule has 0 aliphatic carbocycles. The first-order valence-corrected chi connectivity index (χ1v) is 14.8. The fourth-order valence-corrected chi connectivity index (χ4v) is 6.32. The summed E-state index contributed by atoms with van der Waals surface area (Å²) in [7, 11) is 0. The molecule has 1 atom stereocenters. The van der Waals surface area contributed by atoms with Crippen LogP contribution in [0.15, 0.2) is 52.9 Å². The molecule has 2 saturated heterocycles. The summed E-state index contributed by atoms with van der Waals surface area (Å²) in [5.74, 6) is 1.77. The summed E-state index contributed by atoms with van der Waals surface area (Å²) in [4.78, 5) is 30.6. The van der Waals surface area contributed by atoms with Crippen molar-refractivity contribution in [3.05, 3.63) is 65.5 Å². The third-order valence-electron chi connectivity index (χ3n) is 8.84. The van der Waals surface area contributed by atoms with Gasteiger partial charge in [0.05, 0.1) is 19.3 Å². The summed E-state index contributed by atoms with van der Waals surface area (Å²) in [6.45, 7) is 5.75. The van der Waals surface area contributed by atoms with Crippen LogP contribution in [0.5, 0.6) is 5.75 Å². The molecule has 3 aliphatic rings. The van der Waals surface area contributed by atoms with Crippen molar-refractivity contribution in [1.29, 1.82) is 0 Å². The molecule has 2 fully saturated rings. The third-order valence-corrected chi connectivity index (χ3v) is 8.84. The number of aromatic nitrogens is 2. The van der Waals surface area contributed by atoms with Gasteiger partial charge >= 0.3 is 0 Å². The predicted octanol–water partition coefficient (Wildman–Crippen LogP) is 5.15. The highest BCUT2D eigenvalue weighted by molar-refractivity contribution is 5.95. The fraction of sp³-hybridized carbons (Fsp3) is 0.500. The van der Waals surface area contributed by atoms with Gasteiger partial charge in [-0.1, -0.05) is 12.5 Å².